The van der Waals surface area contributed by atoms with Crippen LogP contribution in [0.2, 0.25) is 0 Å². The van der Waals surface area contributed by atoms with Crippen LogP contribution in [-0.2, 0) is 4.79 Å². The van der Waals surface area contributed by atoms with Gasteiger partial charge in [-0.15, -0.1) is 0 Å². The maximum absolute atomic E-state index is 11.7. The lowest BCUT2D eigenvalue weighted by atomic mass is 9.93. The molecule has 0 radical (unpaired) electrons. The van der Waals surface area contributed by atoms with Gasteiger partial charge >= 0.3 is 0 Å². The summed E-state index contributed by atoms with van der Waals surface area (Å²) in [6, 6.07) is 0. The van der Waals surface area contributed by atoms with Crippen molar-refractivity contribution in [3.05, 3.63) is 0 Å². The monoisotopic (exact) mass is 254 g/mol. The quantitative estimate of drug-likeness (QED) is 0.818. The third-order valence-corrected chi connectivity index (χ3v) is 3.82. The molecule has 0 aromatic rings. The number of likely N-dealkylation sites (tertiary alicyclic amines) is 1. The third-order valence-electron chi connectivity index (χ3n) is 3.82. The molecule has 0 bridgehead atoms. The van der Waals surface area contributed by atoms with Gasteiger partial charge in [0.15, 0.2) is 0 Å². The van der Waals surface area contributed by atoms with Crippen molar-refractivity contribution in [2.75, 3.05) is 19.6 Å². The van der Waals surface area contributed by atoms with Crippen molar-refractivity contribution in [3.8, 4) is 0 Å². The Kier molecular flexibility index (Phi) is 5.64. The van der Waals surface area contributed by atoms with Gasteiger partial charge in [-0.1, -0.05) is 20.8 Å². The molecule has 1 aliphatic rings. The molecule has 0 aromatic heterocycles. The maximum Gasteiger partial charge on any atom is 0.220 e. The van der Waals surface area contributed by atoms with Gasteiger partial charge in [-0.25, -0.2) is 0 Å². The lowest BCUT2D eigenvalue weighted by molar-refractivity contribution is -0.122. The normalized spacial score (nSPS) is 22.2. The summed E-state index contributed by atoms with van der Waals surface area (Å²) < 4.78 is 0. The van der Waals surface area contributed by atoms with E-state index in [9.17, 15) is 4.79 Å². The molecule has 106 valence electrons. The highest BCUT2D eigenvalue weighted by Gasteiger charge is 2.30. The van der Waals surface area contributed by atoms with E-state index < -0.39 is 0 Å². The number of carbonyl (C=O) groups excluding carboxylic acids is 1. The van der Waals surface area contributed by atoms with Crippen molar-refractivity contribution < 1.29 is 4.79 Å². The SMILES string of the molecule is CC(C)CC(=O)NCC(C)(C)N1CCC[C@H](C)C1. The smallest absolute Gasteiger partial charge is 0.220 e. The van der Waals surface area contributed by atoms with Crippen molar-refractivity contribution in [3.63, 3.8) is 0 Å². The summed E-state index contributed by atoms with van der Waals surface area (Å²) in [5.74, 6) is 1.40. The summed E-state index contributed by atoms with van der Waals surface area (Å²) in [6.07, 6.45) is 3.25. The molecule has 1 heterocycles. The average molecular weight is 254 g/mol. The van der Waals surface area contributed by atoms with Crippen LogP contribution in [0.25, 0.3) is 0 Å². The van der Waals surface area contributed by atoms with E-state index in [0.29, 0.717) is 12.3 Å². The fourth-order valence-corrected chi connectivity index (χ4v) is 2.61. The molecule has 1 fully saturated rings. The van der Waals surface area contributed by atoms with E-state index in [1.807, 2.05) is 0 Å². The number of nitrogens with one attached hydrogen (secondary N) is 1. The second-order valence-corrected chi connectivity index (χ2v) is 6.88. The summed E-state index contributed by atoms with van der Waals surface area (Å²) in [5, 5.41) is 3.09. The summed E-state index contributed by atoms with van der Waals surface area (Å²) in [7, 11) is 0. The van der Waals surface area contributed by atoms with Crippen LogP contribution in [0.5, 0.6) is 0 Å². The zero-order valence-electron chi connectivity index (χ0n) is 12.8. The summed E-state index contributed by atoms with van der Waals surface area (Å²) in [5.41, 5.74) is 0.0708. The molecule has 1 N–H and O–H groups in total. The second-order valence-electron chi connectivity index (χ2n) is 6.88. The summed E-state index contributed by atoms with van der Waals surface area (Å²) in [6.45, 7) is 14.0. The Morgan fingerprint density at radius 2 is 2.11 bits per heavy atom. The molecule has 1 rings (SSSR count). The molecule has 0 aliphatic carbocycles. The molecule has 0 aromatic carbocycles. The van der Waals surface area contributed by atoms with Gasteiger partial charge in [0.05, 0.1) is 0 Å². The zero-order chi connectivity index (χ0) is 13.8. The fourth-order valence-electron chi connectivity index (χ4n) is 2.61. The number of piperidine rings is 1. The molecule has 3 nitrogen and oxygen atoms in total. The molecule has 3 heteroatoms. The lowest BCUT2D eigenvalue weighted by Crippen LogP contribution is -2.54. The first-order chi connectivity index (χ1) is 8.31. The number of hydrogen-bond donors (Lipinski definition) is 1. The largest absolute Gasteiger partial charge is 0.354 e. The Bertz CT molecular complexity index is 274. The predicted octanol–water partition coefficient (Wildman–Crippen LogP) is 2.66. The highest BCUT2D eigenvalue weighted by Crippen LogP contribution is 2.23. The number of carbonyl (C=O) groups is 1. The number of nitrogens with zero attached hydrogens (tertiary/aromatic N) is 1. The van der Waals surface area contributed by atoms with Crippen LogP contribution in [-0.4, -0.2) is 36.0 Å². The van der Waals surface area contributed by atoms with E-state index in [2.05, 4.69) is 44.8 Å². The lowest BCUT2D eigenvalue weighted by Gasteiger charge is -2.43. The van der Waals surface area contributed by atoms with Crippen LogP contribution in [0.4, 0.5) is 0 Å². The van der Waals surface area contributed by atoms with Crippen molar-refractivity contribution in [2.45, 2.75) is 59.4 Å². The van der Waals surface area contributed by atoms with Gasteiger partial charge in [0, 0.05) is 25.0 Å². The first-order valence-electron chi connectivity index (χ1n) is 7.33. The summed E-state index contributed by atoms with van der Waals surface area (Å²) >= 11 is 0. The van der Waals surface area contributed by atoms with Crippen molar-refractivity contribution in [1.29, 1.82) is 0 Å². The first kappa shape index (κ1) is 15.5. The molecular formula is C15H30N2O. The molecule has 1 amide bonds. The van der Waals surface area contributed by atoms with Gasteiger partial charge in [-0.3, -0.25) is 9.69 Å². The fraction of sp³-hybridized carbons (Fsp3) is 0.933. The highest BCUT2D eigenvalue weighted by atomic mass is 16.1. The first-order valence-corrected chi connectivity index (χ1v) is 7.33. The standard InChI is InChI=1S/C15H30N2O/c1-12(2)9-14(18)16-11-15(4,5)17-8-6-7-13(3)10-17/h12-13H,6-11H2,1-5H3,(H,16,18)/t13-/m0/s1. The summed E-state index contributed by atoms with van der Waals surface area (Å²) in [4.78, 5) is 14.2. The molecule has 1 aliphatic heterocycles. The van der Waals surface area contributed by atoms with Gasteiger partial charge in [-0.2, -0.15) is 0 Å². The van der Waals surface area contributed by atoms with Crippen molar-refractivity contribution in [2.24, 2.45) is 11.8 Å². The zero-order valence-corrected chi connectivity index (χ0v) is 12.8. The van der Waals surface area contributed by atoms with Crippen LogP contribution in [0.3, 0.4) is 0 Å². The molecule has 1 atom stereocenters. The molecular weight excluding hydrogens is 224 g/mol. The van der Waals surface area contributed by atoms with Crippen LogP contribution in [0.1, 0.15) is 53.9 Å². The van der Waals surface area contributed by atoms with Crippen LogP contribution >= 0.6 is 0 Å². The molecule has 0 spiro atoms. The van der Waals surface area contributed by atoms with E-state index in [1.165, 1.54) is 12.8 Å². The van der Waals surface area contributed by atoms with Crippen LogP contribution in [0.15, 0.2) is 0 Å². The topological polar surface area (TPSA) is 32.3 Å². The van der Waals surface area contributed by atoms with Gasteiger partial charge in [0.1, 0.15) is 0 Å². The van der Waals surface area contributed by atoms with E-state index in [-0.39, 0.29) is 11.4 Å². The minimum atomic E-state index is 0.0708. The third kappa shape index (κ3) is 4.97. The van der Waals surface area contributed by atoms with Gasteiger partial charge in [-0.05, 0) is 45.1 Å². The number of rotatable bonds is 5. The minimum Gasteiger partial charge on any atom is -0.354 e. The van der Waals surface area contributed by atoms with Crippen molar-refractivity contribution in [1.82, 2.24) is 10.2 Å². The number of amides is 1. The van der Waals surface area contributed by atoms with E-state index in [4.69, 9.17) is 0 Å². The Morgan fingerprint density at radius 1 is 1.44 bits per heavy atom. The van der Waals surface area contributed by atoms with Crippen LogP contribution in [0, 0.1) is 11.8 Å². The number of hydrogen-bond acceptors (Lipinski definition) is 2. The Hall–Kier alpha value is -0.570. The molecule has 1 saturated heterocycles. The van der Waals surface area contributed by atoms with E-state index in [1.54, 1.807) is 0 Å². The van der Waals surface area contributed by atoms with Crippen LogP contribution < -0.4 is 5.32 Å². The van der Waals surface area contributed by atoms with Crippen molar-refractivity contribution >= 4 is 5.91 Å². The van der Waals surface area contributed by atoms with E-state index >= 15 is 0 Å². The Balaban J connectivity index is 2.41. The Morgan fingerprint density at radius 3 is 2.67 bits per heavy atom. The van der Waals surface area contributed by atoms with Gasteiger partial charge in [0.2, 0.25) is 5.91 Å². The molecule has 0 saturated carbocycles. The van der Waals surface area contributed by atoms with E-state index in [0.717, 1.165) is 25.6 Å². The Labute approximate surface area is 112 Å². The molecule has 18 heavy (non-hydrogen) atoms. The highest BCUT2D eigenvalue weighted by molar-refractivity contribution is 5.76. The van der Waals surface area contributed by atoms with Gasteiger partial charge < -0.3 is 5.32 Å². The average Bonchev–Trinajstić information content (AvgIpc) is 2.26. The second kappa shape index (κ2) is 6.55. The maximum atomic E-state index is 11.7. The van der Waals surface area contributed by atoms with Gasteiger partial charge in [0.25, 0.3) is 0 Å². The minimum absolute atomic E-state index is 0.0708. The predicted molar refractivity (Wildman–Crippen MR) is 76.5 cm³/mol. The molecule has 0 unspecified atom stereocenters.